The molecule has 0 atom stereocenters. The van der Waals surface area contributed by atoms with Gasteiger partial charge >= 0.3 is 5.97 Å². The molecule has 84 valence electrons. The van der Waals surface area contributed by atoms with Crippen LogP contribution in [0.5, 0.6) is 0 Å². The second-order valence-corrected chi connectivity index (χ2v) is 3.37. The Bertz CT molecular complexity index is 550. The molecule has 0 aliphatic rings. The summed E-state index contributed by atoms with van der Waals surface area (Å²) in [4.78, 5) is 19.0. The van der Waals surface area contributed by atoms with Gasteiger partial charge in [0, 0.05) is 6.20 Å². The zero-order chi connectivity index (χ0) is 12.1. The van der Waals surface area contributed by atoms with E-state index >= 15 is 0 Å². The molecule has 17 heavy (non-hydrogen) atoms. The summed E-state index contributed by atoms with van der Waals surface area (Å²) in [7, 11) is 0. The molecule has 0 fully saturated rings. The van der Waals surface area contributed by atoms with Gasteiger partial charge in [0.1, 0.15) is 0 Å². The number of carbonyl (C=O) groups is 1. The Labute approximate surface area is 98.3 Å². The molecule has 4 heteroatoms. The Hall–Kier alpha value is -2.49. The SMILES string of the molecule is O=C(O)c1cccc(/N=C/c2ccccn2)c1. The largest absolute Gasteiger partial charge is 0.478 e. The number of aromatic nitrogens is 1. The summed E-state index contributed by atoms with van der Waals surface area (Å²) in [5.74, 6) is -0.958. The van der Waals surface area contributed by atoms with Crippen LogP contribution in [0, 0.1) is 0 Å². The maximum Gasteiger partial charge on any atom is 0.335 e. The van der Waals surface area contributed by atoms with Crippen LogP contribution in [-0.2, 0) is 0 Å². The van der Waals surface area contributed by atoms with E-state index in [-0.39, 0.29) is 5.56 Å². The second-order valence-electron chi connectivity index (χ2n) is 3.37. The number of nitrogens with zero attached hydrogens (tertiary/aromatic N) is 2. The van der Waals surface area contributed by atoms with Gasteiger partial charge in [-0.1, -0.05) is 12.1 Å². The van der Waals surface area contributed by atoms with E-state index in [1.165, 1.54) is 12.1 Å². The van der Waals surface area contributed by atoms with Crippen molar-refractivity contribution < 1.29 is 9.90 Å². The van der Waals surface area contributed by atoms with E-state index in [2.05, 4.69) is 9.98 Å². The summed E-state index contributed by atoms with van der Waals surface area (Å²) in [6.07, 6.45) is 3.27. The normalized spacial score (nSPS) is 10.6. The summed E-state index contributed by atoms with van der Waals surface area (Å²) in [6, 6.07) is 12.0. The van der Waals surface area contributed by atoms with Crippen LogP contribution in [0.3, 0.4) is 0 Å². The van der Waals surface area contributed by atoms with Gasteiger partial charge in [0.05, 0.1) is 23.2 Å². The Morgan fingerprint density at radius 1 is 1.24 bits per heavy atom. The molecule has 0 spiro atoms. The third-order valence-corrected chi connectivity index (χ3v) is 2.13. The molecule has 0 saturated heterocycles. The zero-order valence-corrected chi connectivity index (χ0v) is 8.95. The van der Waals surface area contributed by atoms with Crippen molar-refractivity contribution in [2.45, 2.75) is 0 Å². The van der Waals surface area contributed by atoms with Gasteiger partial charge in [0.15, 0.2) is 0 Å². The molecule has 1 aromatic heterocycles. The number of aliphatic imine (C=N–C) groups is 1. The van der Waals surface area contributed by atoms with Crippen LogP contribution in [0.1, 0.15) is 16.1 Å². The summed E-state index contributed by atoms with van der Waals surface area (Å²) in [6.45, 7) is 0. The van der Waals surface area contributed by atoms with Crippen LogP contribution < -0.4 is 0 Å². The highest BCUT2D eigenvalue weighted by molar-refractivity contribution is 5.89. The molecule has 1 aromatic carbocycles. The van der Waals surface area contributed by atoms with E-state index in [1.807, 2.05) is 18.2 Å². The minimum Gasteiger partial charge on any atom is -0.478 e. The molecule has 2 rings (SSSR count). The summed E-state index contributed by atoms with van der Waals surface area (Å²) < 4.78 is 0. The van der Waals surface area contributed by atoms with Crippen molar-refractivity contribution >= 4 is 17.9 Å². The number of pyridine rings is 1. The Morgan fingerprint density at radius 3 is 2.82 bits per heavy atom. The third-order valence-electron chi connectivity index (χ3n) is 2.13. The molecule has 0 unspecified atom stereocenters. The van der Waals surface area contributed by atoms with Crippen LogP contribution in [0.4, 0.5) is 5.69 Å². The van der Waals surface area contributed by atoms with Crippen molar-refractivity contribution in [3.8, 4) is 0 Å². The fourth-order valence-corrected chi connectivity index (χ4v) is 1.31. The molecule has 0 saturated carbocycles. The number of hydrogen-bond donors (Lipinski definition) is 1. The lowest BCUT2D eigenvalue weighted by Gasteiger charge is -1.96. The van der Waals surface area contributed by atoms with Crippen LogP contribution in [0.15, 0.2) is 53.7 Å². The highest BCUT2D eigenvalue weighted by atomic mass is 16.4. The lowest BCUT2D eigenvalue weighted by Crippen LogP contribution is -1.94. The Morgan fingerprint density at radius 2 is 2.12 bits per heavy atom. The lowest BCUT2D eigenvalue weighted by molar-refractivity contribution is 0.0697. The van der Waals surface area contributed by atoms with Crippen molar-refractivity contribution in [2.75, 3.05) is 0 Å². The summed E-state index contributed by atoms with van der Waals surface area (Å²) in [5, 5.41) is 8.83. The van der Waals surface area contributed by atoms with E-state index in [0.29, 0.717) is 5.69 Å². The molecular formula is C13H10N2O2. The van der Waals surface area contributed by atoms with Crippen molar-refractivity contribution in [2.24, 2.45) is 4.99 Å². The van der Waals surface area contributed by atoms with Gasteiger partial charge in [-0.15, -0.1) is 0 Å². The molecule has 1 N–H and O–H groups in total. The van der Waals surface area contributed by atoms with Crippen LogP contribution in [-0.4, -0.2) is 22.3 Å². The quantitative estimate of drug-likeness (QED) is 0.818. The maximum atomic E-state index is 10.8. The molecule has 0 bridgehead atoms. The Balaban J connectivity index is 2.22. The van der Waals surface area contributed by atoms with Crippen LogP contribution in [0.25, 0.3) is 0 Å². The number of carboxylic acid groups (broad SMARTS) is 1. The van der Waals surface area contributed by atoms with Crippen LogP contribution in [0.2, 0.25) is 0 Å². The molecule has 0 aliphatic heterocycles. The first-order chi connectivity index (χ1) is 8.25. The van der Waals surface area contributed by atoms with Gasteiger partial charge < -0.3 is 5.11 Å². The highest BCUT2D eigenvalue weighted by Gasteiger charge is 2.01. The molecule has 0 radical (unpaired) electrons. The molecule has 1 heterocycles. The van der Waals surface area contributed by atoms with Crippen molar-refractivity contribution in [3.05, 3.63) is 59.9 Å². The van der Waals surface area contributed by atoms with E-state index in [4.69, 9.17) is 5.11 Å². The average molecular weight is 226 g/mol. The topological polar surface area (TPSA) is 62.5 Å². The van der Waals surface area contributed by atoms with E-state index in [0.717, 1.165) is 5.69 Å². The van der Waals surface area contributed by atoms with Gasteiger partial charge in [0.2, 0.25) is 0 Å². The lowest BCUT2D eigenvalue weighted by atomic mass is 10.2. The third kappa shape index (κ3) is 2.98. The Kier molecular flexibility index (Phi) is 3.25. The number of carboxylic acids is 1. The van der Waals surface area contributed by atoms with E-state index in [9.17, 15) is 4.79 Å². The smallest absolute Gasteiger partial charge is 0.335 e. The summed E-state index contributed by atoms with van der Waals surface area (Å²) >= 11 is 0. The predicted molar refractivity (Wildman–Crippen MR) is 64.9 cm³/mol. The fourth-order valence-electron chi connectivity index (χ4n) is 1.31. The van der Waals surface area contributed by atoms with E-state index < -0.39 is 5.97 Å². The predicted octanol–water partition coefficient (Wildman–Crippen LogP) is 2.53. The first-order valence-corrected chi connectivity index (χ1v) is 5.04. The first kappa shape index (κ1) is 11.0. The van der Waals surface area contributed by atoms with E-state index in [1.54, 1.807) is 24.5 Å². The number of hydrogen-bond acceptors (Lipinski definition) is 3. The monoisotopic (exact) mass is 226 g/mol. The van der Waals surface area contributed by atoms with Gasteiger partial charge in [0.25, 0.3) is 0 Å². The van der Waals surface area contributed by atoms with Gasteiger partial charge in [-0.25, -0.2) is 4.79 Å². The molecule has 0 aliphatic carbocycles. The molecular weight excluding hydrogens is 216 g/mol. The number of benzene rings is 1. The fraction of sp³-hybridized carbons (Fsp3) is 0. The summed E-state index contributed by atoms with van der Waals surface area (Å²) in [5.41, 5.74) is 1.55. The maximum absolute atomic E-state index is 10.8. The minimum atomic E-state index is -0.958. The minimum absolute atomic E-state index is 0.223. The van der Waals surface area contributed by atoms with Crippen molar-refractivity contribution in [1.82, 2.24) is 4.98 Å². The first-order valence-electron chi connectivity index (χ1n) is 5.04. The zero-order valence-electron chi connectivity index (χ0n) is 8.95. The highest BCUT2D eigenvalue weighted by Crippen LogP contribution is 2.13. The second kappa shape index (κ2) is 5.03. The standard InChI is InChI=1S/C13H10N2O2/c16-13(17)10-4-3-6-11(8-10)15-9-12-5-1-2-7-14-12/h1-9H,(H,16,17)/b15-9+. The van der Waals surface area contributed by atoms with Gasteiger partial charge in [-0.2, -0.15) is 0 Å². The molecule has 2 aromatic rings. The van der Waals surface area contributed by atoms with Gasteiger partial charge in [-0.3, -0.25) is 9.98 Å². The molecule has 0 amide bonds. The van der Waals surface area contributed by atoms with Crippen LogP contribution >= 0.6 is 0 Å². The number of aromatic carboxylic acids is 1. The van der Waals surface area contributed by atoms with Gasteiger partial charge in [-0.05, 0) is 30.3 Å². The number of rotatable bonds is 3. The average Bonchev–Trinajstić information content (AvgIpc) is 2.38. The van der Waals surface area contributed by atoms with Crippen molar-refractivity contribution in [1.29, 1.82) is 0 Å². The molecule has 4 nitrogen and oxygen atoms in total. The van der Waals surface area contributed by atoms with Crippen molar-refractivity contribution in [3.63, 3.8) is 0 Å².